The van der Waals surface area contributed by atoms with E-state index in [1.165, 1.54) is 0 Å². The number of carbonyl (C=O) groups is 1. The minimum Gasteiger partial charge on any atom is -0.460 e. The first-order valence-electron chi connectivity index (χ1n) is 10.7. The maximum Gasteiger partial charge on any atom is 0.336 e. The normalized spacial score (nSPS) is 10.7. The Kier molecular flexibility index (Phi) is 7.12. The second-order valence-electron chi connectivity index (χ2n) is 7.54. The molecule has 3 aromatic carbocycles. The SMILES string of the molecule is COCCOc1nc(-c2ccccc2C)n(-c2ccc(NC(=O)Cc3ccccc3)cc2)n1. The van der Waals surface area contributed by atoms with Gasteiger partial charge in [-0.1, -0.05) is 54.6 Å². The van der Waals surface area contributed by atoms with Crippen molar-refractivity contribution in [2.75, 3.05) is 25.6 Å². The summed E-state index contributed by atoms with van der Waals surface area (Å²) in [7, 11) is 1.62. The van der Waals surface area contributed by atoms with E-state index in [1.807, 2.05) is 85.8 Å². The van der Waals surface area contributed by atoms with Crippen LogP contribution in [0.25, 0.3) is 17.1 Å². The van der Waals surface area contributed by atoms with E-state index in [4.69, 9.17) is 9.47 Å². The Morgan fingerprint density at radius 3 is 2.39 bits per heavy atom. The zero-order valence-electron chi connectivity index (χ0n) is 18.7. The molecular weight excluding hydrogens is 416 g/mol. The second kappa shape index (κ2) is 10.6. The predicted octanol–water partition coefficient (Wildman–Crippen LogP) is 4.45. The van der Waals surface area contributed by atoms with E-state index >= 15 is 0 Å². The molecule has 7 heteroatoms. The molecular formula is C26H26N4O3. The number of methoxy groups -OCH3 is 1. The molecule has 0 bridgehead atoms. The van der Waals surface area contributed by atoms with Gasteiger partial charge in [-0.3, -0.25) is 4.79 Å². The lowest BCUT2D eigenvalue weighted by Crippen LogP contribution is -2.14. The maximum absolute atomic E-state index is 12.4. The van der Waals surface area contributed by atoms with Crippen molar-refractivity contribution < 1.29 is 14.3 Å². The molecule has 4 rings (SSSR count). The van der Waals surface area contributed by atoms with E-state index in [0.29, 0.717) is 31.1 Å². The van der Waals surface area contributed by atoms with Crippen molar-refractivity contribution in [1.29, 1.82) is 0 Å². The minimum absolute atomic E-state index is 0.0656. The molecule has 0 radical (unpaired) electrons. The summed E-state index contributed by atoms with van der Waals surface area (Å²) in [6, 6.07) is 25.4. The van der Waals surface area contributed by atoms with Gasteiger partial charge < -0.3 is 14.8 Å². The second-order valence-corrected chi connectivity index (χ2v) is 7.54. The van der Waals surface area contributed by atoms with Gasteiger partial charge >= 0.3 is 6.01 Å². The number of anilines is 1. The van der Waals surface area contributed by atoms with Gasteiger partial charge in [0, 0.05) is 18.4 Å². The molecule has 0 saturated heterocycles. The summed E-state index contributed by atoms with van der Waals surface area (Å²) >= 11 is 0. The number of ether oxygens (including phenoxy) is 2. The van der Waals surface area contributed by atoms with E-state index < -0.39 is 0 Å². The lowest BCUT2D eigenvalue weighted by atomic mass is 10.1. The Bertz CT molecular complexity index is 1200. The Hall–Kier alpha value is -3.97. The maximum atomic E-state index is 12.4. The molecule has 0 atom stereocenters. The van der Waals surface area contributed by atoms with Gasteiger partial charge in [-0.2, -0.15) is 4.98 Å². The third-order valence-electron chi connectivity index (χ3n) is 5.10. The summed E-state index contributed by atoms with van der Waals surface area (Å²) in [4.78, 5) is 17.0. The van der Waals surface area contributed by atoms with Crippen LogP contribution in [0.1, 0.15) is 11.1 Å². The van der Waals surface area contributed by atoms with E-state index in [0.717, 1.165) is 22.4 Å². The number of rotatable bonds is 9. The number of hydrogen-bond acceptors (Lipinski definition) is 5. The number of benzene rings is 3. The highest BCUT2D eigenvalue weighted by molar-refractivity contribution is 5.92. The summed E-state index contributed by atoms with van der Waals surface area (Å²) in [6.45, 7) is 2.84. The van der Waals surface area contributed by atoms with Gasteiger partial charge in [0.15, 0.2) is 5.82 Å². The highest BCUT2D eigenvalue weighted by atomic mass is 16.5. The quantitative estimate of drug-likeness (QED) is 0.388. The highest BCUT2D eigenvalue weighted by Gasteiger charge is 2.16. The Morgan fingerprint density at radius 2 is 1.67 bits per heavy atom. The van der Waals surface area contributed by atoms with Crippen molar-refractivity contribution in [3.8, 4) is 23.1 Å². The molecule has 0 saturated carbocycles. The number of carbonyl (C=O) groups excluding carboxylic acids is 1. The zero-order chi connectivity index (χ0) is 23.0. The van der Waals surface area contributed by atoms with Crippen molar-refractivity contribution in [1.82, 2.24) is 14.8 Å². The van der Waals surface area contributed by atoms with Gasteiger partial charge in [0.05, 0.1) is 18.7 Å². The Labute approximate surface area is 193 Å². The third kappa shape index (κ3) is 5.64. The number of nitrogens with zero attached hydrogens (tertiary/aromatic N) is 3. The summed E-state index contributed by atoms with van der Waals surface area (Å²) < 4.78 is 12.5. The molecule has 1 amide bonds. The monoisotopic (exact) mass is 442 g/mol. The zero-order valence-corrected chi connectivity index (χ0v) is 18.7. The molecule has 1 aromatic heterocycles. The first kappa shape index (κ1) is 22.2. The lowest BCUT2D eigenvalue weighted by molar-refractivity contribution is -0.115. The molecule has 33 heavy (non-hydrogen) atoms. The van der Waals surface area contributed by atoms with Crippen LogP contribution in [0, 0.1) is 6.92 Å². The molecule has 1 heterocycles. The van der Waals surface area contributed by atoms with E-state index in [9.17, 15) is 4.79 Å². The average molecular weight is 443 g/mol. The van der Waals surface area contributed by atoms with Gasteiger partial charge in [0.1, 0.15) is 6.61 Å². The van der Waals surface area contributed by atoms with Crippen LogP contribution in [-0.4, -0.2) is 41.0 Å². The van der Waals surface area contributed by atoms with Crippen molar-refractivity contribution >= 4 is 11.6 Å². The van der Waals surface area contributed by atoms with Gasteiger partial charge in [-0.15, -0.1) is 5.10 Å². The van der Waals surface area contributed by atoms with Gasteiger partial charge in [0.2, 0.25) is 5.91 Å². The first-order chi connectivity index (χ1) is 16.1. The smallest absolute Gasteiger partial charge is 0.336 e. The van der Waals surface area contributed by atoms with E-state index in [1.54, 1.807) is 11.8 Å². The van der Waals surface area contributed by atoms with Crippen LogP contribution in [0.15, 0.2) is 78.9 Å². The standard InChI is InChI=1S/C26H26N4O3/c1-19-8-6-7-11-23(19)25-28-26(33-17-16-32-2)29-30(25)22-14-12-21(13-15-22)27-24(31)18-20-9-4-3-5-10-20/h3-15H,16-18H2,1-2H3,(H,27,31). The fourth-order valence-corrected chi connectivity index (χ4v) is 3.42. The number of amides is 1. The van der Waals surface area contributed by atoms with Crippen molar-refractivity contribution in [3.05, 3.63) is 90.0 Å². The van der Waals surface area contributed by atoms with E-state index in [-0.39, 0.29) is 11.9 Å². The summed E-state index contributed by atoms with van der Waals surface area (Å²) in [5.74, 6) is 0.616. The molecule has 168 valence electrons. The number of aromatic nitrogens is 3. The number of aryl methyl sites for hydroxylation is 1. The van der Waals surface area contributed by atoms with Gasteiger partial charge in [0.25, 0.3) is 0 Å². The fourth-order valence-electron chi connectivity index (χ4n) is 3.42. The number of nitrogens with one attached hydrogen (secondary N) is 1. The van der Waals surface area contributed by atoms with Crippen LogP contribution in [0.4, 0.5) is 5.69 Å². The van der Waals surface area contributed by atoms with Crippen LogP contribution < -0.4 is 10.1 Å². The van der Waals surface area contributed by atoms with Crippen molar-refractivity contribution in [2.24, 2.45) is 0 Å². The van der Waals surface area contributed by atoms with Crippen molar-refractivity contribution in [2.45, 2.75) is 13.3 Å². The summed E-state index contributed by atoms with van der Waals surface area (Å²) in [5, 5.41) is 7.50. The lowest BCUT2D eigenvalue weighted by Gasteiger charge is -2.09. The van der Waals surface area contributed by atoms with Crippen LogP contribution in [0.5, 0.6) is 6.01 Å². The minimum atomic E-state index is -0.0656. The van der Waals surface area contributed by atoms with Crippen LogP contribution in [-0.2, 0) is 16.0 Å². The molecule has 0 aliphatic carbocycles. The Balaban J connectivity index is 1.56. The largest absolute Gasteiger partial charge is 0.460 e. The van der Waals surface area contributed by atoms with Gasteiger partial charge in [-0.25, -0.2) is 4.68 Å². The molecule has 4 aromatic rings. The Morgan fingerprint density at radius 1 is 0.939 bits per heavy atom. The molecule has 0 aliphatic rings. The summed E-state index contributed by atoms with van der Waals surface area (Å²) in [5.41, 5.74) is 4.54. The average Bonchev–Trinajstić information content (AvgIpc) is 3.24. The van der Waals surface area contributed by atoms with Crippen LogP contribution in [0.3, 0.4) is 0 Å². The fraction of sp³-hybridized carbons (Fsp3) is 0.192. The molecule has 0 spiro atoms. The topological polar surface area (TPSA) is 78.3 Å². The van der Waals surface area contributed by atoms with Crippen LogP contribution in [0.2, 0.25) is 0 Å². The van der Waals surface area contributed by atoms with Gasteiger partial charge in [-0.05, 0) is 42.3 Å². The molecule has 0 aliphatic heterocycles. The molecule has 0 fully saturated rings. The number of hydrogen-bond donors (Lipinski definition) is 1. The molecule has 0 unspecified atom stereocenters. The van der Waals surface area contributed by atoms with E-state index in [2.05, 4.69) is 15.4 Å². The molecule has 1 N–H and O–H groups in total. The molecule has 7 nitrogen and oxygen atoms in total. The summed E-state index contributed by atoms with van der Waals surface area (Å²) in [6.07, 6.45) is 0.325. The van der Waals surface area contributed by atoms with Crippen LogP contribution >= 0.6 is 0 Å². The predicted molar refractivity (Wildman–Crippen MR) is 128 cm³/mol. The highest BCUT2D eigenvalue weighted by Crippen LogP contribution is 2.26. The van der Waals surface area contributed by atoms with Crippen molar-refractivity contribution in [3.63, 3.8) is 0 Å². The first-order valence-corrected chi connectivity index (χ1v) is 10.7. The third-order valence-corrected chi connectivity index (χ3v) is 5.10.